The first-order valence-corrected chi connectivity index (χ1v) is 11.0. The molecule has 4 atom stereocenters. The summed E-state index contributed by atoms with van der Waals surface area (Å²) in [6, 6.07) is 11.9. The Kier molecular flexibility index (Phi) is 6.04. The van der Waals surface area contributed by atoms with Gasteiger partial charge in [-0.1, -0.05) is 0 Å². The lowest BCUT2D eigenvalue weighted by molar-refractivity contribution is -0.0231. The van der Waals surface area contributed by atoms with E-state index in [0.29, 0.717) is 29.6 Å². The lowest BCUT2D eigenvalue weighted by Gasteiger charge is -2.35. The Hall–Kier alpha value is -2.14. The van der Waals surface area contributed by atoms with Crippen LogP contribution in [0.3, 0.4) is 0 Å². The zero-order chi connectivity index (χ0) is 20.4. The SMILES string of the molecule is CSc1nc(CN2C[C@H]3C[C@@H](Oc4ccc(F)cc4)[C@H](O)C[C@H]3C2)ccc1C#N. The van der Waals surface area contributed by atoms with Crippen LogP contribution in [-0.4, -0.2) is 46.5 Å². The molecular weight excluding hydrogens is 389 g/mol. The molecule has 0 spiro atoms. The molecule has 2 aliphatic rings. The molecule has 1 aliphatic heterocycles. The Morgan fingerprint density at radius 2 is 1.93 bits per heavy atom. The number of likely N-dealkylation sites (tertiary alicyclic amines) is 1. The number of hydrogen-bond donors (Lipinski definition) is 1. The quantitative estimate of drug-likeness (QED) is 0.757. The number of thioether (sulfide) groups is 1. The molecule has 4 rings (SSSR count). The minimum Gasteiger partial charge on any atom is -0.488 e. The number of hydrogen-bond acceptors (Lipinski definition) is 6. The van der Waals surface area contributed by atoms with E-state index in [9.17, 15) is 9.50 Å². The molecule has 1 aromatic heterocycles. The van der Waals surface area contributed by atoms with Crippen molar-refractivity contribution in [3.8, 4) is 11.8 Å². The first-order chi connectivity index (χ1) is 14.1. The van der Waals surface area contributed by atoms with Gasteiger partial charge in [-0.3, -0.25) is 4.90 Å². The highest BCUT2D eigenvalue weighted by atomic mass is 32.2. The van der Waals surface area contributed by atoms with E-state index in [4.69, 9.17) is 10.00 Å². The van der Waals surface area contributed by atoms with Gasteiger partial charge in [-0.2, -0.15) is 5.26 Å². The van der Waals surface area contributed by atoms with Crippen molar-refractivity contribution in [1.82, 2.24) is 9.88 Å². The van der Waals surface area contributed by atoms with Crippen LogP contribution in [0.2, 0.25) is 0 Å². The zero-order valence-corrected chi connectivity index (χ0v) is 17.1. The predicted molar refractivity (Wildman–Crippen MR) is 109 cm³/mol. The number of fused-ring (bicyclic) bond motifs is 1. The third kappa shape index (κ3) is 4.55. The second-order valence-electron chi connectivity index (χ2n) is 7.83. The van der Waals surface area contributed by atoms with Gasteiger partial charge >= 0.3 is 0 Å². The number of aromatic nitrogens is 1. The van der Waals surface area contributed by atoms with Gasteiger partial charge in [0.15, 0.2) is 0 Å². The molecule has 0 bridgehead atoms. The van der Waals surface area contributed by atoms with E-state index >= 15 is 0 Å². The van der Waals surface area contributed by atoms with Crippen LogP contribution in [0.5, 0.6) is 5.75 Å². The van der Waals surface area contributed by atoms with Crippen molar-refractivity contribution >= 4 is 11.8 Å². The van der Waals surface area contributed by atoms with Gasteiger partial charge in [-0.05, 0) is 67.3 Å². The molecule has 0 amide bonds. The maximum Gasteiger partial charge on any atom is 0.125 e. The average Bonchev–Trinajstić information content (AvgIpc) is 3.10. The summed E-state index contributed by atoms with van der Waals surface area (Å²) in [6.07, 6.45) is 2.65. The van der Waals surface area contributed by atoms with Crippen molar-refractivity contribution < 1.29 is 14.2 Å². The van der Waals surface area contributed by atoms with Crippen LogP contribution >= 0.6 is 11.8 Å². The van der Waals surface area contributed by atoms with Crippen LogP contribution in [0.1, 0.15) is 24.1 Å². The molecule has 1 N–H and O–H groups in total. The van der Waals surface area contributed by atoms with Crippen LogP contribution < -0.4 is 4.74 Å². The highest BCUT2D eigenvalue weighted by molar-refractivity contribution is 7.98. The second-order valence-corrected chi connectivity index (χ2v) is 8.63. The number of aliphatic hydroxyl groups excluding tert-OH is 1. The molecular formula is C22H24FN3O2S. The number of benzene rings is 1. The van der Waals surface area contributed by atoms with E-state index in [0.717, 1.165) is 36.8 Å². The van der Waals surface area contributed by atoms with Crippen LogP contribution in [0.25, 0.3) is 0 Å². The molecule has 152 valence electrons. The third-order valence-corrected chi connectivity index (χ3v) is 6.58. The fraction of sp³-hybridized carbons (Fsp3) is 0.455. The second kappa shape index (κ2) is 8.70. The Labute approximate surface area is 174 Å². The fourth-order valence-corrected chi connectivity index (χ4v) is 5.01. The Bertz CT molecular complexity index is 902. The Morgan fingerprint density at radius 3 is 2.62 bits per heavy atom. The molecule has 1 aromatic carbocycles. The third-order valence-electron chi connectivity index (χ3n) is 5.88. The van der Waals surface area contributed by atoms with Crippen LogP contribution in [-0.2, 0) is 6.54 Å². The molecule has 7 heteroatoms. The van der Waals surface area contributed by atoms with Crippen LogP contribution in [0, 0.1) is 29.0 Å². The number of nitrogens with zero attached hydrogens (tertiary/aromatic N) is 3. The maximum absolute atomic E-state index is 13.1. The van der Waals surface area contributed by atoms with Crippen molar-refractivity contribution in [2.45, 2.75) is 36.6 Å². The minimum atomic E-state index is -0.516. The van der Waals surface area contributed by atoms with Crippen molar-refractivity contribution in [2.75, 3.05) is 19.3 Å². The van der Waals surface area contributed by atoms with Crippen LogP contribution in [0.15, 0.2) is 41.4 Å². The lowest BCUT2D eigenvalue weighted by Crippen LogP contribution is -2.42. The largest absolute Gasteiger partial charge is 0.488 e. The van der Waals surface area contributed by atoms with Gasteiger partial charge in [0.2, 0.25) is 0 Å². The standard InChI is InChI=1S/C22H24FN3O2S/c1-29-22-14(10-24)2-5-18(25-22)13-26-11-15-8-20(27)21(9-16(15)12-26)28-19-6-3-17(23)4-7-19/h2-7,15-16,20-21,27H,8-9,11-13H2,1H3/t15-,16+,20+,21+/m0/s1. The summed E-state index contributed by atoms with van der Waals surface area (Å²) in [4.78, 5) is 7.01. The monoisotopic (exact) mass is 413 g/mol. The summed E-state index contributed by atoms with van der Waals surface area (Å²) in [7, 11) is 0. The first-order valence-electron chi connectivity index (χ1n) is 9.82. The zero-order valence-electron chi connectivity index (χ0n) is 16.3. The highest BCUT2D eigenvalue weighted by Gasteiger charge is 2.42. The van der Waals surface area contributed by atoms with Gasteiger partial charge in [0.1, 0.15) is 28.8 Å². The van der Waals surface area contributed by atoms with E-state index in [2.05, 4.69) is 16.0 Å². The number of halogens is 1. The summed E-state index contributed by atoms with van der Waals surface area (Å²) in [6.45, 7) is 2.62. The topological polar surface area (TPSA) is 69.4 Å². The van der Waals surface area contributed by atoms with E-state index in [-0.39, 0.29) is 11.9 Å². The Balaban J connectivity index is 1.38. The number of aliphatic hydroxyl groups is 1. The number of rotatable bonds is 5. The van der Waals surface area contributed by atoms with Gasteiger partial charge in [0.25, 0.3) is 0 Å². The Morgan fingerprint density at radius 1 is 1.21 bits per heavy atom. The average molecular weight is 414 g/mol. The summed E-state index contributed by atoms with van der Waals surface area (Å²) < 4.78 is 19.1. The van der Waals surface area contributed by atoms with Gasteiger partial charge in [0.05, 0.1) is 17.4 Å². The van der Waals surface area contributed by atoms with E-state index in [1.807, 2.05) is 18.4 Å². The number of nitriles is 1. The summed E-state index contributed by atoms with van der Waals surface area (Å²) >= 11 is 1.49. The smallest absolute Gasteiger partial charge is 0.125 e. The number of ether oxygens (including phenoxy) is 1. The van der Waals surface area contributed by atoms with Gasteiger partial charge in [0, 0.05) is 19.6 Å². The van der Waals surface area contributed by atoms with Gasteiger partial charge < -0.3 is 9.84 Å². The highest BCUT2D eigenvalue weighted by Crippen LogP contribution is 2.38. The predicted octanol–water partition coefficient (Wildman–Crippen LogP) is 3.46. The van der Waals surface area contributed by atoms with E-state index in [1.165, 1.54) is 23.9 Å². The molecule has 1 saturated heterocycles. The molecule has 2 aromatic rings. The van der Waals surface area contributed by atoms with Crippen molar-refractivity contribution in [2.24, 2.45) is 11.8 Å². The summed E-state index contributed by atoms with van der Waals surface area (Å²) in [5.41, 5.74) is 1.58. The molecule has 5 nitrogen and oxygen atoms in total. The molecule has 2 heterocycles. The van der Waals surface area contributed by atoms with Gasteiger partial charge in [-0.25, -0.2) is 9.37 Å². The molecule has 1 aliphatic carbocycles. The molecule has 0 unspecified atom stereocenters. The maximum atomic E-state index is 13.1. The summed E-state index contributed by atoms with van der Waals surface area (Å²) in [5.74, 6) is 1.20. The first kappa shape index (κ1) is 20.1. The van der Waals surface area contributed by atoms with E-state index in [1.54, 1.807) is 12.1 Å². The van der Waals surface area contributed by atoms with Crippen molar-refractivity contribution in [3.63, 3.8) is 0 Å². The van der Waals surface area contributed by atoms with E-state index < -0.39 is 6.10 Å². The van der Waals surface area contributed by atoms with Gasteiger partial charge in [-0.15, -0.1) is 11.8 Å². The molecule has 1 saturated carbocycles. The lowest BCUT2D eigenvalue weighted by atomic mass is 9.78. The van der Waals surface area contributed by atoms with Crippen molar-refractivity contribution in [1.29, 1.82) is 5.26 Å². The summed E-state index contributed by atoms with van der Waals surface area (Å²) in [5, 5.41) is 20.5. The normalized spacial score (nSPS) is 26.7. The number of pyridine rings is 1. The molecule has 29 heavy (non-hydrogen) atoms. The minimum absolute atomic E-state index is 0.266. The van der Waals surface area contributed by atoms with Crippen LogP contribution in [0.4, 0.5) is 4.39 Å². The fourth-order valence-electron chi connectivity index (χ4n) is 4.47. The molecule has 2 fully saturated rings. The van der Waals surface area contributed by atoms with Crippen molar-refractivity contribution in [3.05, 3.63) is 53.5 Å². The molecule has 0 radical (unpaired) electrons.